The van der Waals surface area contributed by atoms with Gasteiger partial charge in [-0.2, -0.15) is 0 Å². The zero-order chi connectivity index (χ0) is 11.4. The molecular formula is C13H13NO2. The lowest BCUT2D eigenvalue weighted by molar-refractivity contribution is 0.0973. The van der Waals surface area contributed by atoms with Crippen LogP contribution in [0.1, 0.15) is 23.2 Å². The third-order valence-corrected chi connectivity index (χ3v) is 2.54. The Bertz CT molecular complexity index is 503. The van der Waals surface area contributed by atoms with Crippen molar-refractivity contribution in [2.75, 3.05) is 6.61 Å². The van der Waals surface area contributed by atoms with Gasteiger partial charge in [0.15, 0.2) is 5.78 Å². The number of hydrogen-bond acceptors (Lipinski definition) is 3. The number of carbonyl (C=O) groups excluding carboxylic acids is 1. The van der Waals surface area contributed by atoms with Crippen LogP contribution >= 0.6 is 0 Å². The van der Waals surface area contributed by atoms with E-state index in [1.54, 1.807) is 12.4 Å². The second-order valence-corrected chi connectivity index (χ2v) is 3.65. The molecule has 0 spiro atoms. The van der Waals surface area contributed by atoms with Crippen LogP contribution < -0.4 is 0 Å². The van der Waals surface area contributed by atoms with Crippen LogP contribution in [0.2, 0.25) is 0 Å². The molecular weight excluding hydrogens is 202 g/mol. The molecule has 0 fully saturated rings. The third-order valence-electron chi connectivity index (χ3n) is 2.54. The second-order valence-electron chi connectivity index (χ2n) is 3.65. The highest BCUT2D eigenvalue weighted by atomic mass is 16.3. The maximum Gasteiger partial charge on any atom is 0.163 e. The van der Waals surface area contributed by atoms with E-state index in [0.717, 1.165) is 10.8 Å². The molecule has 2 aromatic rings. The van der Waals surface area contributed by atoms with Gasteiger partial charge < -0.3 is 5.11 Å². The molecule has 3 nitrogen and oxygen atoms in total. The molecule has 0 atom stereocenters. The summed E-state index contributed by atoms with van der Waals surface area (Å²) in [5.74, 6) is 0.0749. The largest absolute Gasteiger partial charge is 0.396 e. The molecule has 2 rings (SSSR count). The van der Waals surface area contributed by atoms with Gasteiger partial charge in [0, 0.05) is 36.4 Å². The number of ketones is 1. The number of aromatic nitrogens is 1. The smallest absolute Gasteiger partial charge is 0.163 e. The van der Waals surface area contributed by atoms with Crippen molar-refractivity contribution in [2.24, 2.45) is 0 Å². The van der Waals surface area contributed by atoms with Crippen LogP contribution in [0.5, 0.6) is 0 Å². The van der Waals surface area contributed by atoms with E-state index in [1.807, 2.05) is 24.3 Å². The fraction of sp³-hybridized carbons (Fsp3) is 0.231. The number of fused-ring (bicyclic) bond motifs is 1. The Morgan fingerprint density at radius 2 is 2.19 bits per heavy atom. The van der Waals surface area contributed by atoms with Crippen molar-refractivity contribution in [1.82, 2.24) is 4.98 Å². The number of aliphatic hydroxyl groups is 1. The highest BCUT2D eigenvalue weighted by Crippen LogP contribution is 2.19. The molecule has 0 radical (unpaired) electrons. The monoisotopic (exact) mass is 215 g/mol. The van der Waals surface area contributed by atoms with E-state index in [-0.39, 0.29) is 12.4 Å². The molecule has 3 heteroatoms. The first-order valence-electron chi connectivity index (χ1n) is 5.30. The number of Topliss-reactive ketones (excluding diaryl/α,β-unsaturated/α-hetero) is 1. The Balaban J connectivity index is 2.40. The first-order chi connectivity index (χ1) is 7.83. The van der Waals surface area contributed by atoms with E-state index in [2.05, 4.69) is 4.98 Å². The van der Waals surface area contributed by atoms with Crippen LogP contribution in [0, 0.1) is 0 Å². The summed E-state index contributed by atoms with van der Waals surface area (Å²) >= 11 is 0. The van der Waals surface area contributed by atoms with Gasteiger partial charge in [0.1, 0.15) is 0 Å². The Hall–Kier alpha value is -1.74. The van der Waals surface area contributed by atoms with E-state index in [9.17, 15) is 4.79 Å². The van der Waals surface area contributed by atoms with Gasteiger partial charge >= 0.3 is 0 Å². The van der Waals surface area contributed by atoms with E-state index in [0.29, 0.717) is 18.4 Å². The zero-order valence-corrected chi connectivity index (χ0v) is 8.89. The van der Waals surface area contributed by atoms with E-state index < -0.39 is 0 Å². The van der Waals surface area contributed by atoms with Crippen molar-refractivity contribution in [3.05, 3.63) is 42.2 Å². The van der Waals surface area contributed by atoms with Crippen molar-refractivity contribution >= 4 is 16.6 Å². The molecule has 1 aromatic carbocycles. The van der Waals surface area contributed by atoms with Gasteiger partial charge in [0.05, 0.1) is 0 Å². The standard InChI is InChI=1S/C13H13NO2/c15-8-2-5-13(16)12-4-1-3-10-9-14-7-6-11(10)12/h1,3-4,6-7,9,15H,2,5,8H2. The fourth-order valence-corrected chi connectivity index (χ4v) is 1.74. The number of carbonyl (C=O) groups is 1. The zero-order valence-electron chi connectivity index (χ0n) is 8.89. The van der Waals surface area contributed by atoms with Crippen molar-refractivity contribution in [1.29, 1.82) is 0 Å². The van der Waals surface area contributed by atoms with Crippen LogP contribution in [0.25, 0.3) is 10.8 Å². The van der Waals surface area contributed by atoms with Gasteiger partial charge in [-0.15, -0.1) is 0 Å². The molecule has 0 saturated carbocycles. The summed E-state index contributed by atoms with van der Waals surface area (Å²) in [5.41, 5.74) is 0.716. The molecule has 0 unspecified atom stereocenters. The molecule has 1 N–H and O–H groups in total. The second kappa shape index (κ2) is 4.86. The van der Waals surface area contributed by atoms with Gasteiger partial charge in [-0.05, 0) is 17.9 Å². The molecule has 0 aliphatic heterocycles. The lowest BCUT2D eigenvalue weighted by atomic mass is 10.0. The molecule has 0 aliphatic carbocycles. The molecule has 16 heavy (non-hydrogen) atoms. The lowest BCUT2D eigenvalue weighted by Crippen LogP contribution is -2.01. The molecule has 1 aromatic heterocycles. The minimum absolute atomic E-state index is 0.0536. The minimum atomic E-state index is 0.0536. The van der Waals surface area contributed by atoms with Gasteiger partial charge in [-0.25, -0.2) is 0 Å². The number of rotatable bonds is 4. The van der Waals surface area contributed by atoms with Crippen LogP contribution in [0.3, 0.4) is 0 Å². The predicted molar refractivity (Wildman–Crippen MR) is 62.4 cm³/mol. The maximum atomic E-state index is 11.9. The van der Waals surface area contributed by atoms with Crippen LogP contribution in [0.4, 0.5) is 0 Å². The first kappa shape index (κ1) is 10.8. The van der Waals surface area contributed by atoms with E-state index in [4.69, 9.17) is 5.11 Å². The summed E-state index contributed by atoms with van der Waals surface area (Å²) in [4.78, 5) is 15.9. The third kappa shape index (κ3) is 2.09. The van der Waals surface area contributed by atoms with Crippen LogP contribution in [-0.2, 0) is 0 Å². The Labute approximate surface area is 93.7 Å². The summed E-state index contributed by atoms with van der Waals surface area (Å²) in [6, 6.07) is 7.46. The maximum absolute atomic E-state index is 11.9. The van der Waals surface area contributed by atoms with E-state index in [1.165, 1.54) is 0 Å². The predicted octanol–water partition coefficient (Wildman–Crippen LogP) is 2.19. The van der Waals surface area contributed by atoms with Crippen LogP contribution in [0.15, 0.2) is 36.7 Å². The first-order valence-corrected chi connectivity index (χ1v) is 5.30. The summed E-state index contributed by atoms with van der Waals surface area (Å²) in [7, 11) is 0. The molecule has 0 bridgehead atoms. The Morgan fingerprint density at radius 1 is 1.31 bits per heavy atom. The molecule has 1 heterocycles. The number of hydrogen-bond donors (Lipinski definition) is 1. The molecule has 0 amide bonds. The molecule has 0 aliphatic rings. The highest BCUT2D eigenvalue weighted by Gasteiger charge is 2.08. The van der Waals surface area contributed by atoms with Gasteiger partial charge in [-0.3, -0.25) is 9.78 Å². The van der Waals surface area contributed by atoms with Crippen LogP contribution in [-0.4, -0.2) is 22.5 Å². The number of nitrogens with zero attached hydrogens (tertiary/aromatic N) is 1. The highest BCUT2D eigenvalue weighted by molar-refractivity contribution is 6.07. The lowest BCUT2D eigenvalue weighted by Gasteiger charge is -2.04. The Morgan fingerprint density at radius 3 is 3.00 bits per heavy atom. The van der Waals surface area contributed by atoms with Crippen molar-refractivity contribution < 1.29 is 9.90 Å². The number of pyridine rings is 1. The average molecular weight is 215 g/mol. The molecule has 0 saturated heterocycles. The fourth-order valence-electron chi connectivity index (χ4n) is 1.74. The van der Waals surface area contributed by atoms with Crippen molar-refractivity contribution in [3.63, 3.8) is 0 Å². The normalized spacial score (nSPS) is 10.6. The number of benzene rings is 1. The van der Waals surface area contributed by atoms with Gasteiger partial charge in [0.25, 0.3) is 0 Å². The summed E-state index contributed by atoms with van der Waals surface area (Å²) in [5, 5.41) is 10.6. The van der Waals surface area contributed by atoms with Gasteiger partial charge in [-0.1, -0.05) is 18.2 Å². The number of aliphatic hydroxyl groups excluding tert-OH is 1. The summed E-state index contributed by atoms with van der Waals surface area (Å²) in [6.07, 6.45) is 4.33. The van der Waals surface area contributed by atoms with Gasteiger partial charge in [0.2, 0.25) is 0 Å². The quantitative estimate of drug-likeness (QED) is 0.795. The minimum Gasteiger partial charge on any atom is -0.396 e. The van der Waals surface area contributed by atoms with Crippen molar-refractivity contribution in [3.8, 4) is 0 Å². The summed E-state index contributed by atoms with van der Waals surface area (Å²) in [6.45, 7) is 0.0536. The molecule has 82 valence electrons. The topological polar surface area (TPSA) is 50.2 Å². The van der Waals surface area contributed by atoms with Crippen molar-refractivity contribution in [2.45, 2.75) is 12.8 Å². The Kier molecular flexibility index (Phi) is 3.27. The van der Waals surface area contributed by atoms with E-state index >= 15 is 0 Å². The summed E-state index contributed by atoms with van der Waals surface area (Å²) < 4.78 is 0. The SMILES string of the molecule is O=C(CCCO)c1cccc2cnccc12. The average Bonchev–Trinajstić information content (AvgIpc) is 2.35.